The Morgan fingerprint density at radius 2 is 0.938 bits per heavy atom. The average molecular weight is 825 g/mol. The number of fused-ring (bicyclic) bond motifs is 4. The van der Waals surface area contributed by atoms with E-state index in [0.717, 1.165) is 17.5 Å². The minimum Gasteiger partial charge on any atom is -0.310 e. The Bertz CT molecular complexity index is 3420. The van der Waals surface area contributed by atoms with Gasteiger partial charge in [0.15, 0.2) is 0 Å². The third-order valence-electron chi connectivity index (χ3n) is 16.2. The molecule has 2 heteroatoms. The zero-order valence-electron chi connectivity index (χ0n) is 35.6. The minimum atomic E-state index is 0. The van der Waals surface area contributed by atoms with Crippen LogP contribution in [-0.4, -0.2) is 0 Å². The van der Waals surface area contributed by atoms with Gasteiger partial charge in [0.05, 0.1) is 22.7 Å². The molecule has 0 aliphatic heterocycles. The van der Waals surface area contributed by atoms with Gasteiger partial charge in [-0.05, 0) is 166 Å². The van der Waals surface area contributed by atoms with Crippen LogP contribution in [0.4, 0.5) is 34.1 Å². The molecule has 4 bridgehead atoms. The third kappa shape index (κ3) is 5.14. The molecule has 64 heavy (non-hydrogen) atoms. The summed E-state index contributed by atoms with van der Waals surface area (Å²) in [5.41, 5.74) is 14.7. The van der Waals surface area contributed by atoms with Gasteiger partial charge >= 0.3 is 0 Å². The highest BCUT2D eigenvalue weighted by Crippen LogP contribution is 2.71. The van der Waals surface area contributed by atoms with Gasteiger partial charge in [0.2, 0.25) is 0 Å². The van der Waals surface area contributed by atoms with E-state index in [4.69, 9.17) is 0 Å². The normalized spacial score (nSPS) is 21.5. The highest BCUT2D eigenvalue weighted by molar-refractivity contribution is 6.28. The summed E-state index contributed by atoms with van der Waals surface area (Å²) >= 11 is 0. The molecule has 10 aromatic rings. The number of aryl methyl sites for hydroxylation is 1. The van der Waals surface area contributed by atoms with Crippen LogP contribution in [0.2, 0.25) is 0 Å². The summed E-state index contributed by atoms with van der Waals surface area (Å²) in [6.45, 7) is 2.24. The van der Waals surface area contributed by atoms with Gasteiger partial charge in [-0.1, -0.05) is 147 Å². The lowest BCUT2D eigenvalue weighted by molar-refractivity contribution is -0.0397. The first-order valence-corrected chi connectivity index (χ1v) is 23.3. The molecule has 4 saturated carbocycles. The zero-order valence-corrected chi connectivity index (χ0v) is 35.6. The Hall–Kier alpha value is -6.90. The topological polar surface area (TPSA) is 6.48 Å². The van der Waals surface area contributed by atoms with Crippen molar-refractivity contribution in [1.82, 2.24) is 0 Å². The van der Waals surface area contributed by atoms with E-state index in [-0.39, 0.29) is 12.8 Å². The number of benzene rings is 10. The molecule has 2 nitrogen and oxygen atoms in total. The largest absolute Gasteiger partial charge is 0.310 e. The second-order valence-electron chi connectivity index (χ2n) is 19.4. The van der Waals surface area contributed by atoms with Crippen LogP contribution in [0.3, 0.4) is 0 Å². The van der Waals surface area contributed by atoms with Crippen molar-refractivity contribution in [3.8, 4) is 11.1 Å². The summed E-state index contributed by atoms with van der Waals surface area (Å²) in [4.78, 5) is 5.15. The van der Waals surface area contributed by atoms with Gasteiger partial charge in [-0.25, -0.2) is 0 Å². The predicted octanol–water partition coefficient (Wildman–Crippen LogP) is 17.3. The number of hydrogen-bond donors (Lipinski definition) is 0. The summed E-state index contributed by atoms with van der Waals surface area (Å²) in [6.07, 6.45) is 6.89. The van der Waals surface area contributed by atoms with Crippen LogP contribution >= 0.6 is 0 Å². The van der Waals surface area contributed by atoms with Crippen molar-refractivity contribution < 1.29 is 0 Å². The van der Waals surface area contributed by atoms with Gasteiger partial charge in [0.1, 0.15) is 0 Å². The number of hydrogen-bond acceptors (Lipinski definition) is 2. The van der Waals surface area contributed by atoms with Crippen LogP contribution in [0.1, 0.15) is 56.2 Å². The van der Waals surface area contributed by atoms with E-state index in [2.05, 4.69) is 205 Å². The van der Waals surface area contributed by atoms with Crippen LogP contribution < -0.4 is 9.80 Å². The van der Waals surface area contributed by atoms with Gasteiger partial charge in [0.25, 0.3) is 0 Å². The Morgan fingerprint density at radius 1 is 0.406 bits per heavy atom. The molecule has 4 fully saturated rings. The maximum absolute atomic E-state index is 2.67. The van der Waals surface area contributed by atoms with Crippen molar-refractivity contribution in [2.75, 3.05) is 9.80 Å². The molecule has 0 amide bonds. The summed E-state index contributed by atoms with van der Waals surface area (Å²) in [5.74, 6) is 3.11. The maximum Gasteiger partial charge on any atom is 0.0540 e. The number of para-hydroxylation sites is 1. The van der Waals surface area contributed by atoms with Crippen molar-refractivity contribution in [1.29, 1.82) is 0 Å². The lowest BCUT2D eigenvalue weighted by Crippen LogP contribution is -2.55. The smallest absolute Gasteiger partial charge is 0.0540 e. The van der Waals surface area contributed by atoms with E-state index in [0.29, 0.717) is 11.8 Å². The second-order valence-corrected chi connectivity index (χ2v) is 19.4. The van der Waals surface area contributed by atoms with E-state index >= 15 is 0 Å². The van der Waals surface area contributed by atoms with E-state index in [9.17, 15) is 0 Å². The molecule has 1 spiro atoms. The second kappa shape index (κ2) is 14.1. The summed E-state index contributed by atoms with van der Waals surface area (Å²) in [7, 11) is 0. The number of nitrogens with zero attached hydrogens (tertiary/aromatic N) is 2. The summed E-state index contributed by atoms with van der Waals surface area (Å²) in [5, 5.41) is 10.2. The molecule has 0 heterocycles. The first-order chi connectivity index (χ1) is 31.1. The maximum atomic E-state index is 2.67. The van der Waals surface area contributed by atoms with Gasteiger partial charge in [-0.2, -0.15) is 0 Å². The number of anilines is 6. The lowest BCUT2D eigenvalue weighted by Gasteiger charge is -2.61. The van der Waals surface area contributed by atoms with Crippen LogP contribution in [-0.2, 0) is 5.41 Å². The lowest BCUT2D eigenvalue weighted by atomic mass is 9.43. The van der Waals surface area contributed by atoms with Crippen LogP contribution in [0, 0.1) is 30.6 Å². The number of rotatable bonds is 6. The summed E-state index contributed by atoms with van der Waals surface area (Å²) in [6, 6.07) is 71.4. The van der Waals surface area contributed by atoms with Gasteiger partial charge < -0.3 is 9.80 Å². The summed E-state index contributed by atoms with van der Waals surface area (Å²) < 4.78 is 0. The first kappa shape index (κ1) is 37.6. The van der Waals surface area contributed by atoms with E-state index in [1.807, 2.05) is 0 Å². The molecule has 5 aliphatic carbocycles. The monoisotopic (exact) mass is 824 g/mol. The molecule has 0 unspecified atom stereocenters. The molecule has 10 aromatic carbocycles. The van der Waals surface area contributed by atoms with Crippen molar-refractivity contribution in [2.45, 2.75) is 51.9 Å². The van der Waals surface area contributed by atoms with Crippen molar-refractivity contribution in [3.63, 3.8) is 0 Å². The van der Waals surface area contributed by atoms with Crippen LogP contribution in [0.25, 0.3) is 54.2 Å². The van der Waals surface area contributed by atoms with E-state index in [1.165, 1.54) is 120 Å². The first-order valence-electron chi connectivity index (χ1n) is 23.3. The Labute approximate surface area is 376 Å². The SMILES string of the molecule is C.Cc1cccc(N(c2cccc3c2C2(c4ccccc4-3)C3CC4CC(C3)CC2C4)c2ccc3ccc4c(N(c5ccccc5)c5cccc6ccccc56)ccc5ccc2c3c54)c1. The van der Waals surface area contributed by atoms with Crippen molar-refractivity contribution in [3.05, 3.63) is 205 Å². The third-order valence-corrected chi connectivity index (χ3v) is 16.2. The Balaban J connectivity index is 0.00000413. The molecule has 5 aliphatic rings. The molecule has 0 aromatic heterocycles. The fourth-order valence-electron chi connectivity index (χ4n) is 14.1. The molecular formula is C62H52N2. The quantitative estimate of drug-likeness (QED) is 0.154. The molecular weight excluding hydrogens is 773 g/mol. The average Bonchev–Trinajstić information content (AvgIpc) is 3.62. The van der Waals surface area contributed by atoms with Crippen molar-refractivity contribution in [2.24, 2.45) is 23.7 Å². The highest BCUT2D eigenvalue weighted by Gasteiger charge is 2.62. The molecule has 0 radical (unpaired) electrons. The molecule has 0 atom stereocenters. The van der Waals surface area contributed by atoms with Gasteiger partial charge in [-0.15, -0.1) is 0 Å². The molecule has 0 N–H and O–H groups in total. The predicted molar refractivity (Wildman–Crippen MR) is 272 cm³/mol. The standard InChI is InChI=1S/C61H48N2.CH4/c1-38-12-9-17-47(32-38)63(57-23-11-20-50-49-19-7-8-21-53(49)61(60(50)57)44-34-39-33-40(36-44)37-45(61)35-39)56-31-27-43-24-28-51-55(30-26-42-25-29-52(56)59(43)58(42)51)62(46-15-3-2-4-16-46)54-22-10-14-41-13-5-6-18-48(41)54;/h2-32,39-40,44-45H,33-37H2,1H3;1H4. The fourth-order valence-corrected chi connectivity index (χ4v) is 14.1. The minimum absolute atomic E-state index is 0. The zero-order chi connectivity index (χ0) is 41.4. The van der Waals surface area contributed by atoms with Gasteiger partial charge in [-0.3, -0.25) is 0 Å². The highest BCUT2D eigenvalue weighted by atomic mass is 15.2. The van der Waals surface area contributed by atoms with Gasteiger partial charge in [0, 0.05) is 32.9 Å². The molecule has 310 valence electrons. The Kier molecular flexibility index (Phi) is 8.26. The van der Waals surface area contributed by atoms with Crippen molar-refractivity contribution >= 4 is 77.2 Å². The fraction of sp³-hybridized carbons (Fsp3) is 0.194. The molecule has 0 saturated heterocycles. The van der Waals surface area contributed by atoms with Crippen LogP contribution in [0.5, 0.6) is 0 Å². The Morgan fingerprint density at radius 3 is 1.66 bits per heavy atom. The van der Waals surface area contributed by atoms with E-state index in [1.54, 1.807) is 11.1 Å². The van der Waals surface area contributed by atoms with E-state index < -0.39 is 0 Å². The molecule has 15 rings (SSSR count). The van der Waals surface area contributed by atoms with Crippen LogP contribution in [0.15, 0.2) is 188 Å².